The van der Waals surface area contributed by atoms with Crippen LogP contribution in [0, 0.1) is 6.92 Å². The molecule has 1 heterocycles. The van der Waals surface area contributed by atoms with Gasteiger partial charge >= 0.3 is 0 Å². The molecule has 34 heavy (non-hydrogen) atoms. The lowest BCUT2D eigenvalue weighted by molar-refractivity contribution is 0.101. The minimum Gasteiger partial charge on any atom is -0.494 e. The molecule has 2 aromatic rings. The van der Waals surface area contributed by atoms with Crippen LogP contribution in [0.25, 0.3) is 0 Å². The molecule has 4 nitrogen and oxygen atoms in total. The van der Waals surface area contributed by atoms with E-state index >= 15 is 0 Å². The van der Waals surface area contributed by atoms with E-state index in [1.807, 2.05) is 13.0 Å². The summed E-state index contributed by atoms with van der Waals surface area (Å²) in [7, 11) is 0. The van der Waals surface area contributed by atoms with Crippen molar-refractivity contribution in [3.05, 3.63) is 59.2 Å². The molecule has 0 atom stereocenters. The summed E-state index contributed by atoms with van der Waals surface area (Å²) in [6, 6.07) is 15.1. The molecule has 0 aliphatic carbocycles. The van der Waals surface area contributed by atoms with Gasteiger partial charge in [-0.05, 0) is 95.8 Å². The van der Waals surface area contributed by atoms with Gasteiger partial charge in [0, 0.05) is 34.9 Å². The third-order valence-electron chi connectivity index (χ3n) is 6.72. The zero-order valence-electron chi connectivity index (χ0n) is 22.3. The van der Waals surface area contributed by atoms with Gasteiger partial charge in [-0.15, -0.1) is 0 Å². The van der Waals surface area contributed by atoms with Crippen molar-refractivity contribution in [2.75, 3.05) is 11.9 Å². The van der Waals surface area contributed by atoms with Crippen molar-refractivity contribution in [1.82, 2.24) is 10.2 Å². The number of piperidine rings is 1. The molecule has 0 unspecified atom stereocenters. The van der Waals surface area contributed by atoms with Gasteiger partial charge in [-0.3, -0.25) is 0 Å². The standard InChI is InChI=1S/C29H43N3OS/c1-9-33-26-16-11-10-13-22(26)19-32(23-17-28(5,6)31-29(7,8)18-23)27(34)30-25-15-12-14-24(20(2)3)21(25)4/h10-16,20,23,31H,9,17-19H2,1-8H3,(H,30,34). The number of ether oxygens (including phenoxy) is 1. The van der Waals surface area contributed by atoms with Crippen LogP contribution in [0.15, 0.2) is 42.5 Å². The van der Waals surface area contributed by atoms with Crippen molar-refractivity contribution >= 4 is 23.0 Å². The number of nitrogens with one attached hydrogen (secondary N) is 2. The summed E-state index contributed by atoms with van der Waals surface area (Å²) in [6.07, 6.45) is 2.03. The zero-order valence-corrected chi connectivity index (χ0v) is 23.1. The minimum absolute atomic E-state index is 0.0210. The summed E-state index contributed by atoms with van der Waals surface area (Å²) < 4.78 is 5.96. The monoisotopic (exact) mass is 481 g/mol. The Hall–Kier alpha value is -2.11. The second kappa shape index (κ2) is 10.7. The number of nitrogens with zero attached hydrogens (tertiary/aromatic N) is 1. The molecule has 2 N–H and O–H groups in total. The van der Waals surface area contributed by atoms with E-state index in [-0.39, 0.29) is 11.1 Å². The van der Waals surface area contributed by atoms with Crippen molar-refractivity contribution in [3.63, 3.8) is 0 Å². The molecule has 5 heteroatoms. The summed E-state index contributed by atoms with van der Waals surface area (Å²) in [4.78, 5) is 2.39. The Kier molecular flexibility index (Phi) is 8.30. The summed E-state index contributed by atoms with van der Waals surface area (Å²) in [5.41, 5.74) is 4.91. The number of benzene rings is 2. The Morgan fingerprint density at radius 1 is 1.09 bits per heavy atom. The molecule has 0 radical (unpaired) electrons. The molecular formula is C29H43N3OS. The van der Waals surface area contributed by atoms with Gasteiger partial charge in [0.1, 0.15) is 5.75 Å². The van der Waals surface area contributed by atoms with E-state index in [9.17, 15) is 0 Å². The summed E-state index contributed by atoms with van der Waals surface area (Å²) >= 11 is 6.12. The highest BCUT2D eigenvalue weighted by Crippen LogP contribution is 2.34. The van der Waals surface area contributed by atoms with Gasteiger partial charge in [0.05, 0.1) is 6.61 Å². The van der Waals surface area contributed by atoms with E-state index < -0.39 is 0 Å². The molecule has 0 bridgehead atoms. The number of rotatable bonds is 7. The maximum absolute atomic E-state index is 6.12. The normalized spacial score (nSPS) is 17.4. The van der Waals surface area contributed by atoms with Gasteiger partial charge in [-0.1, -0.05) is 44.2 Å². The molecule has 1 aliphatic heterocycles. The van der Waals surface area contributed by atoms with Gasteiger partial charge in [-0.25, -0.2) is 0 Å². The van der Waals surface area contributed by atoms with E-state index in [0.717, 1.165) is 35.0 Å². The first-order chi connectivity index (χ1) is 15.9. The van der Waals surface area contributed by atoms with Crippen LogP contribution in [-0.2, 0) is 6.54 Å². The molecule has 0 aromatic heterocycles. The highest BCUT2D eigenvalue weighted by atomic mass is 32.1. The van der Waals surface area contributed by atoms with Crippen LogP contribution in [-0.4, -0.2) is 33.7 Å². The zero-order chi connectivity index (χ0) is 25.1. The Morgan fingerprint density at radius 2 is 1.74 bits per heavy atom. The second-order valence-electron chi connectivity index (χ2n) is 11.2. The highest BCUT2D eigenvalue weighted by molar-refractivity contribution is 7.80. The van der Waals surface area contributed by atoms with Crippen LogP contribution in [0.2, 0.25) is 0 Å². The smallest absolute Gasteiger partial charge is 0.173 e. The lowest BCUT2D eigenvalue weighted by atomic mass is 9.79. The molecule has 0 amide bonds. The van der Waals surface area contributed by atoms with Crippen LogP contribution in [0.3, 0.4) is 0 Å². The van der Waals surface area contributed by atoms with Crippen molar-refractivity contribution < 1.29 is 4.74 Å². The highest BCUT2D eigenvalue weighted by Gasteiger charge is 2.40. The average Bonchev–Trinajstić information content (AvgIpc) is 2.72. The fraction of sp³-hybridized carbons (Fsp3) is 0.552. The van der Waals surface area contributed by atoms with Crippen molar-refractivity contribution in [3.8, 4) is 5.75 Å². The number of hydrogen-bond donors (Lipinski definition) is 2. The molecular weight excluding hydrogens is 438 g/mol. The number of para-hydroxylation sites is 1. The summed E-state index contributed by atoms with van der Waals surface area (Å²) in [5, 5.41) is 8.21. The Labute approximate surface area is 212 Å². The van der Waals surface area contributed by atoms with E-state index in [0.29, 0.717) is 25.1 Å². The molecule has 1 fully saturated rings. The third kappa shape index (κ3) is 6.51. The van der Waals surface area contributed by atoms with Crippen molar-refractivity contribution in [2.45, 2.75) is 97.8 Å². The number of hydrogen-bond acceptors (Lipinski definition) is 3. The minimum atomic E-state index is 0.0210. The molecule has 1 aliphatic rings. The molecule has 0 spiro atoms. The first-order valence-electron chi connectivity index (χ1n) is 12.6. The van der Waals surface area contributed by atoms with E-state index in [4.69, 9.17) is 17.0 Å². The average molecular weight is 482 g/mol. The van der Waals surface area contributed by atoms with Crippen LogP contribution in [0.5, 0.6) is 5.75 Å². The molecule has 2 aromatic carbocycles. The lowest BCUT2D eigenvalue weighted by Gasteiger charge is -2.50. The first kappa shape index (κ1) is 26.5. The van der Waals surface area contributed by atoms with Gasteiger partial charge in [0.15, 0.2) is 5.11 Å². The second-order valence-corrected chi connectivity index (χ2v) is 11.6. The van der Waals surface area contributed by atoms with E-state index in [1.165, 1.54) is 11.1 Å². The topological polar surface area (TPSA) is 36.5 Å². The van der Waals surface area contributed by atoms with Crippen molar-refractivity contribution in [1.29, 1.82) is 0 Å². The molecule has 3 rings (SSSR count). The molecule has 0 saturated carbocycles. The van der Waals surface area contributed by atoms with E-state index in [1.54, 1.807) is 0 Å². The maximum atomic E-state index is 6.12. The summed E-state index contributed by atoms with van der Waals surface area (Å²) in [6.45, 7) is 19.2. The lowest BCUT2D eigenvalue weighted by Crippen LogP contribution is -2.63. The molecule has 186 valence electrons. The largest absolute Gasteiger partial charge is 0.494 e. The fourth-order valence-electron chi connectivity index (χ4n) is 5.57. The van der Waals surface area contributed by atoms with Gasteiger partial charge < -0.3 is 20.3 Å². The van der Waals surface area contributed by atoms with Gasteiger partial charge in [-0.2, -0.15) is 0 Å². The van der Waals surface area contributed by atoms with Gasteiger partial charge in [0.25, 0.3) is 0 Å². The van der Waals surface area contributed by atoms with E-state index in [2.05, 4.69) is 100 Å². The fourth-order valence-corrected chi connectivity index (χ4v) is 5.89. The predicted octanol–water partition coefficient (Wildman–Crippen LogP) is 7.03. The van der Waals surface area contributed by atoms with Crippen LogP contribution in [0.4, 0.5) is 5.69 Å². The van der Waals surface area contributed by atoms with Crippen LogP contribution in [0.1, 0.15) is 83.9 Å². The Bertz CT molecular complexity index is 983. The predicted molar refractivity (Wildman–Crippen MR) is 149 cm³/mol. The quantitative estimate of drug-likeness (QED) is 0.415. The molecule has 1 saturated heterocycles. The first-order valence-corrected chi connectivity index (χ1v) is 13.0. The van der Waals surface area contributed by atoms with Gasteiger partial charge in [0.2, 0.25) is 0 Å². The van der Waals surface area contributed by atoms with Crippen LogP contribution >= 0.6 is 12.2 Å². The SMILES string of the molecule is CCOc1ccccc1CN(C(=S)Nc1cccc(C(C)C)c1C)C1CC(C)(C)NC(C)(C)C1. The number of thiocarbonyl (C=S) groups is 1. The third-order valence-corrected chi connectivity index (χ3v) is 7.06. The Morgan fingerprint density at radius 3 is 2.35 bits per heavy atom. The van der Waals surface area contributed by atoms with Crippen LogP contribution < -0.4 is 15.4 Å². The summed E-state index contributed by atoms with van der Waals surface area (Å²) in [5.74, 6) is 1.40. The maximum Gasteiger partial charge on any atom is 0.173 e. The van der Waals surface area contributed by atoms with Crippen molar-refractivity contribution in [2.24, 2.45) is 0 Å². The Balaban J connectivity index is 1.97. The number of anilines is 1.